The van der Waals surface area contributed by atoms with E-state index in [1.165, 1.54) is 15.9 Å². The third kappa shape index (κ3) is 2.09. The highest BCUT2D eigenvalue weighted by molar-refractivity contribution is 9.13. The molecule has 3 aromatic heterocycles. The highest BCUT2D eigenvalue weighted by Gasteiger charge is 2.15. The van der Waals surface area contributed by atoms with E-state index in [0.717, 1.165) is 13.1 Å². The maximum atomic E-state index is 11.8. The average Bonchev–Trinajstić information content (AvgIpc) is 2.95. The van der Waals surface area contributed by atoms with Gasteiger partial charge in [0.15, 0.2) is 11.5 Å². The zero-order chi connectivity index (χ0) is 14.4. The van der Waals surface area contributed by atoms with Crippen LogP contribution in [-0.2, 0) is 6.54 Å². The quantitative estimate of drug-likeness (QED) is 0.669. The van der Waals surface area contributed by atoms with Crippen molar-refractivity contribution in [1.29, 1.82) is 0 Å². The molecule has 0 aliphatic carbocycles. The normalized spacial score (nSPS) is 11.3. The molecule has 9 heteroatoms. The minimum absolute atomic E-state index is 0.307. The van der Waals surface area contributed by atoms with Crippen molar-refractivity contribution in [2.45, 2.75) is 13.5 Å². The Kier molecular flexibility index (Phi) is 3.43. The molecule has 0 saturated carbocycles. The lowest BCUT2D eigenvalue weighted by molar-refractivity contribution is 0.720. The van der Waals surface area contributed by atoms with Gasteiger partial charge in [0.05, 0.1) is 8.66 Å². The lowest BCUT2D eigenvalue weighted by atomic mass is 10.4. The topological polar surface area (TPSA) is 83.5 Å². The molecule has 3 aromatic rings. The second kappa shape index (κ2) is 4.97. The number of hydrogen-bond acceptors (Lipinski definition) is 4. The molecule has 3 heterocycles. The molecule has 3 rings (SSSR count). The molecule has 0 aromatic carbocycles. The first-order valence-electron chi connectivity index (χ1n) is 5.69. The van der Waals surface area contributed by atoms with Gasteiger partial charge < -0.3 is 4.98 Å². The Morgan fingerprint density at radius 2 is 2.10 bits per heavy atom. The van der Waals surface area contributed by atoms with Gasteiger partial charge >= 0.3 is 5.69 Å². The molecule has 0 unspecified atom stereocenters. The lowest BCUT2D eigenvalue weighted by Gasteiger charge is -1.99. The van der Waals surface area contributed by atoms with Crippen molar-refractivity contribution >= 4 is 54.4 Å². The van der Waals surface area contributed by atoms with E-state index in [-0.39, 0.29) is 0 Å². The summed E-state index contributed by atoms with van der Waals surface area (Å²) < 4.78 is 3.28. The van der Waals surface area contributed by atoms with Crippen LogP contribution in [-0.4, -0.2) is 19.5 Å². The SMILES string of the molecule is CCn1c(=O)[nH]c(=O)c2[nH]c(-c3cc(Br)c(Br)s3)nc21. The molecule has 0 fully saturated rings. The molecule has 2 N–H and O–H groups in total. The Bertz CT molecular complexity index is 901. The summed E-state index contributed by atoms with van der Waals surface area (Å²) in [5.74, 6) is 0.565. The van der Waals surface area contributed by atoms with Crippen molar-refractivity contribution in [1.82, 2.24) is 19.5 Å². The van der Waals surface area contributed by atoms with Crippen molar-refractivity contribution in [3.05, 3.63) is 35.2 Å². The number of aromatic amines is 2. The van der Waals surface area contributed by atoms with Crippen LogP contribution in [0.3, 0.4) is 0 Å². The fraction of sp³-hybridized carbons (Fsp3) is 0.182. The number of imidazole rings is 1. The number of aryl methyl sites for hydroxylation is 1. The first-order chi connectivity index (χ1) is 9.51. The van der Waals surface area contributed by atoms with Crippen LogP contribution >= 0.6 is 43.2 Å². The van der Waals surface area contributed by atoms with Crippen LogP contribution in [0, 0.1) is 0 Å². The first-order valence-corrected chi connectivity index (χ1v) is 8.09. The Morgan fingerprint density at radius 3 is 2.70 bits per heavy atom. The van der Waals surface area contributed by atoms with Gasteiger partial charge in [-0.05, 0) is 44.8 Å². The van der Waals surface area contributed by atoms with E-state index >= 15 is 0 Å². The second-order valence-electron chi connectivity index (χ2n) is 4.02. The van der Waals surface area contributed by atoms with Crippen LogP contribution in [0.2, 0.25) is 0 Å². The molecule has 0 spiro atoms. The van der Waals surface area contributed by atoms with E-state index in [9.17, 15) is 9.59 Å². The van der Waals surface area contributed by atoms with Crippen LogP contribution < -0.4 is 11.2 Å². The molecule has 0 bridgehead atoms. The van der Waals surface area contributed by atoms with Gasteiger partial charge in [-0.25, -0.2) is 9.78 Å². The number of thiophene rings is 1. The summed E-state index contributed by atoms with van der Waals surface area (Å²) in [6, 6.07) is 1.90. The van der Waals surface area contributed by atoms with Crippen molar-refractivity contribution in [2.24, 2.45) is 0 Å². The number of halogens is 2. The minimum Gasteiger partial charge on any atom is -0.331 e. The highest BCUT2D eigenvalue weighted by Crippen LogP contribution is 2.37. The van der Waals surface area contributed by atoms with Gasteiger partial charge in [-0.3, -0.25) is 14.3 Å². The molecule has 0 atom stereocenters. The maximum Gasteiger partial charge on any atom is 0.330 e. The van der Waals surface area contributed by atoms with E-state index in [0.29, 0.717) is 23.5 Å². The van der Waals surface area contributed by atoms with Crippen molar-refractivity contribution < 1.29 is 0 Å². The van der Waals surface area contributed by atoms with Crippen LogP contribution in [0.15, 0.2) is 23.9 Å². The lowest BCUT2D eigenvalue weighted by Crippen LogP contribution is -2.29. The van der Waals surface area contributed by atoms with Crippen LogP contribution in [0.1, 0.15) is 6.92 Å². The van der Waals surface area contributed by atoms with Gasteiger partial charge in [0.2, 0.25) is 0 Å². The zero-order valence-electron chi connectivity index (χ0n) is 10.2. The molecule has 0 amide bonds. The smallest absolute Gasteiger partial charge is 0.330 e. The Hall–Kier alpha value is -1.19. The number of nitrogens with one attached hydrogen (secondary N) is 2. The molecular weight excluding hydrogens is 412 g/mol. The third-order valence-electron chi connectivity index (χ3n) is 2.83. The summed E-state index contributed by atoms with van der Waals surface area (Å²) in [4.78, 5) is 34.1. The minimum atomic E-state index is -0.455. The van der Waals surface area contributed by atoms with Gasteiger partial charge in [0.25, 0.3) is 5.56 Å². The number of aromatic nitrogens is 4. The Labute approximate surface area is 133 Å². The van der Waals surface area contributed by atoms with E-state index in [1.54, 1.807) is 0 Å². The molecular formula is C11H8Br2N4O2S. The molecule has 104 valence electrons. The molecule has 20 heavy (non-hydrogen) atoms. The monoisotopic (exact) mass is 418 g/mol. The van der Waals surface area contributed by atoms with Crippen molar-refractivity contribution in [3.63, 3.8) is 0 Å². The molecule has 6 nitrogen and oxygen atoms in total. The Morgan fingerprint density at radius 1 is 1.35 bits per heavy atom. The van der Waals surface area contributed by atoms with Crippen LogP contribution in [0.5, 0.6) is 0 Å². The maximum absolute atomic E-state index is 11.8. The number of rotatable bonds is 2. The zero-order valence-corrected chi connectivity index (χ0v) is 14.1. The van der Waals surface area contributed by atoms with E-state index in [1.807, 2.05) is 13.0 Å². The first kappa shape index (κ1) is 13.8. The Balaban J connectivity index is 2.33. The fourth-order valence-electron chi connectivity index (χ4n) is 1.91. The van der Waals surface area contributed by atoms with E-state index < -0.39 is 11.2 Å². The van der Waals surface area contributed by atoms with Crippen LogP contribution in [0.25, 0.3) is 21.9 Å². The summed E-state index contributed by atoms with van der Waals surface area (Å²) in [7, 11) is 0. The van der Waals surface area contributed by atoms with Crippen molar-refractivity contribution in [3.8, 4) is 10.7 Å². The van der Waals surface area contributed by atoms with Gasteiger partial charge in [0, 0.05) is 11.0 Å². The van der Waals surface area contributed by atoms with Crippen molar-refractivity contribution in [2.75, 3.05) is 0 Å². The predicted octanol–water partition coefficient (Wildman–Crippen LogP) is 2.69. The second-order valence-corrected chi connectivity index (χ2v) is 7.24. The third-order valence-corrected chi connectivity index (χ3v) is 6.09. The fourth-order valence-corrected chi connectivity index (χ4v) is 3.89. The standard InChI is InChI=1S/C11H8Br2N4O2S/c1-2-17-9-6(10(18)16-11(17)19)14-8(15-9)5-3-4(12)7(13)20-5/h3H,2H2,1H3,(H,14,15)(H,16,18,19). The largest absolute Gasteiger partial charge is 0.331 e. The van der Waals surface area contributed by atoms with Gasteiger partial charge in [-0.15, -0.1) is 11.3 Å². The number of fused-ring (bicyclic) bond motifs is 1. The number of H-pyrrole nitrogens is 2. The molecule has 0 radical (unpaired) electrons. The number of hydrogen-bond donors (Lipinski definition) is 2. The average molecular weight is 420 g/mol. The van der Waals surface area contributed by atoms with E-state index in [2.05, 4.69) is 46.8 Å². The molecule has 0 saturated heterocycles. The van der Waals surface area contributed by atoms with E-state index in [4.69, 9.17) is 0 Å². The summed E-state index contributed by atoms with van der Waals surface area (Å²) in [5.41, 5.74) is -0.223. The molecule has 0 aliphatic rings. The highest BCUT2D eigenvalue weighted by atomic mass is 79.9. The summed E-state index contributed by atoms with van der Waals surface area (Å²) >= 11 is 8.31. The summed E-state index contributed by atoms with van der Waals surface area (Å²) in [6.07, 6.45) is 0. The summed E-state index contributed by atoms with van der Waals surface area (Å²) in [6.45, 7) is 2.26. The molecule has 0 aliphatic heterocycles. The summed E-state index contributed by atoms with van der Waals surface area (Å²) in [5, 5.41) is 0. The van der Waals surface area contributed by atoms with Crippen LogP contribution in [0.4, 0.5) is 0 Å². The van der Waals surface area contributed by atoms with Gasteiger partial charge in [0.1, 0.15) is 5.52 Å². The van der Waals surface area contributed by atoms with Gasteiger partial charge in [-0.1, -0.05) is 0 Å². The van der Waals surface area contributed by atoms with Gasteiger partial charge in [-0.2, -0.15) is 0 Å². The predicted molar refractivity (Wildman–Crippen MR) is 85.4 cm³/mol. The number of nitrogens with zero attached hydrogens (tertiary/aromatic N) is 2.